The molecule has 0 spiro atoms. The number of aromatic nitrogens is 2. The zero-order chi connectivity index (χ0) is 18.0. The number of methoxy groups -OCH3 is 1. The smallest absolute Gasteiger partial charge is 0.311 e. The highest BCUT2D eigenvalue weighted by Gasteiger charge is 2.43. The first-order chi connectivity index (χ1) is 12.0. The molecule has 1 aromatic heterocycles. The van der Waals surface area contributed by atoms with Crippen molar-refractivity contribution in [3.8, 4) is 0 Å². The summed E-state index contributed by atoms with van der Waals surface area (Å²) in [6, 6.07) is 0. The number of aliphatic carboxylic acids is 1. The molecule has 1 saturated carbocycles. The lowest BCUT2D eigenvalue weighted by Gasteiger charge is -2.39. The van der Waals surface area contributed by atoms with Gasteiger partial charge in [-0.3, -0.25) is 14.4 Å². The van der Waals surface area contributed by atoms with E-state index in [0.29, 0.717) is 44.2 Å². The van der Waals surface area contributed by atoms with Gasteiger partial charge in [0.25, 0.3) is 11.5 Å². The normalized spacial score (nSPS) is 23.5. The third-order valence-electron chi connectivity index (χ3n) is 5.12. The van der Waals surface area contributed by atoms with E-state index in [0.717, 1.165) is 12.8 Å². The number of nitrogens with zero attached hydrogens (tertiary/aromatic N) is 2. The molecule has 1 aliphatic heterocycles. The number of nitrogens with one attached hydrogen (secondary N) is 1. The second-order valence-corrected chi connectivity index (χ2v) is 6.94. The van der Waals surface area contributed by atoms with Gasteiger partial charge >= 0.3 is 5.97 Å². The Hall–Kier alpha value is -2.22. The predicted octanol–water partition coefficient (Wildman–Crippen LogP) is 0.991. The van der Waals surface area contributed by atoms with E-state index in [9.17, 15) is 19.5 Å². The van der Waals surface area contributed by atoms with Crippen LogP contribution in [0.1, 0.15) is 54.2 Å². The summed E-state index contributed by atoms with van der Waals surface area (Å²) >= 11 is 0. The molecule has 2 heterocycles. The molecule has 1 amide bonds. The second kappa shape index (κ2) is 6.95. The Bertz CT molecular complexity index is 727. The maximum absolute atomic E-state index is 12.7. The number of carboxylic acid groups (broad SMARTS) is 1. The zero-order valence-corrected chi connectivity index (χ0v) is 14.3. The van der Waals surface area contributed by atoms with Crippen LogP contribution in [0.25, 0.3) is 0 Å². The van der Waals surface area contributed by atoms with Gasteiger partial charge in [0, 0.05) is 38.9 Å². The molecule has 0 bridgehead atoms. The molecular weight excluding hydrogens is 326 g/mol. The largest absolute Gasteiger partial charge is 0.481 e. The quantitative estimate of drug-likeness (QED) is 0.792. The van der Waals surface area contributed by atoms with Crippen LogP contribution in [-0.4, -0.2) is 58.7 Å². The number of hydrogen-bond acceptors (Lipinski definition) is 5. The molecule has 2 N–H and O–H groups in total. The molecule has 2 fully saturated rings. The van der Waals surface area contributed by atoms with Crippen LogP contribution in [0.4, 0.5) is 0 Å². The Morgan fingerprint density at radius 2 is 2.24 bits per heavy atom. The first-order valence-electron chi connectivity index (χ1n) is 8.58. The van der Waals surface area contributed by atoms with E-state index in [2.05, 4.69) is 9.97 Å². The van der Waals surface area contributed by atoms with Crippen molar-refractivity contribution in [2.75, 3.05) is 26.8 Å². The first kappa shape index (κ1) is 17.6. The lowest BCUT2D eigenvalue weighted by atomic mass is 9.77. The van der Waals surface area contributed by atoms with Crippen molar-refractivity contribution >= 4 is 11.9 Å². The minimum Gasteiger partial charge on any atom is -0.481 e. The van der Waals surface area contributed by atoms with Crippen molar-refractivity contribution in [3.63, 3.8) is 0 Å². The summed E-state index contributed by atoms with van der Waals surface area (Å²) in [6.45, 7) is 0.825. The zero-order valence-electron chi connectivity index (χ0n) is 14.3. The standard InChI is InChI=1S/C17H23N3O5/c1-25-8-6-17(16(23)24)5-2-7-20(10-17)15(22)12-9-18-13(11-3-4-11)19-14(12)21/h9,11H,2-8,10H2,1H3,(H,23,24)(H,18,19,21)/t17-/m0/s1. The van der Waals surface area contributed by atoms with E-state index in [1.165, 1.54) is 18.2 Å². The topological polar surface area (TPSA) is 113 Å². The molecule has 3 rings (SSSR count). The maximum atomic E-state index is 12.7. The van der Waals surface area contributed by atoms with E-state index in [-0.39, 0.29) is 12.1 Å². The first-order valence-corrected chi connectivity index (χ1v) is 8.58. The van der Waals surface area contributed by atoms with Crippen LogP contribution in [0.15, 0.2) is 11.0 Å². The summed E-state index contributed by atoms with van der Waals surface area (Å²) in [4.78, 5) is 45.1. The van der Waals surface area contributed by atoms with Gasteiger partial charge in [0.1, 0.15) is 11.4 Å². The average molecular weight is 349 g/mol. The van der Waals surface area contributed by atoms with Gasteiger partial charge in [0.15, 0.2) is 0 Å². The number of carboxylic acids is 1. The third-order valence-corrected chi connectivity index (χ3v) is 5.12. The minimum atomic E-state index is -1.03. The van der Waals surface area contributed by atoms with Gasteiger partial charge in [-0.05, 0) is 32.1 Å². The van der Waals surface area contributed by atoms with Gasteiger partial charge in [-0.2, -0.15) is 0 Å². The Balaban J connectivity index is 1.79. The number of rotatable bonds is 6. The molecule has 1 aliphatic carbocycles. The summed E-state index contributed by atoms with van der Waals surface area (Å²) in [5.41, 5.74) is -1.51. The van der Waals surface area contributed by atoms with Crippen LogP contribution < -0.4 is 5.56 Å². The Kier molecular flexibility index (Phi) is 4.89. The Morgan fingerprint density at radius 1 is 1.48 bits per heavy atom. The fourth-order valence-electron chi connectivity index (χ4n) is 3.38. The maximum Gasteiger partial charge on any atom is 0.311 e. The van der Waals surface area contributed by atoms with E-state index >= 15 is 0 Å². The molecule has 1 atom stereocenters. The molecule has 2 aliphatic rings. The van der Waals surface area contributed by atoms with Crippen LogP contribution in [-0.2, 0) is 9.53 Å². The van der Waals surface area contributed by atoms with Crippen LogP contribution in [0.3, 0.4) is 0 Å². The lowest BCUT2D eigenvalue weighted by molar-refractivity contribution is -0.153. The van der Waals surface area contributed by atoms with Gasteiger partial charge in [-0.25, -0.2) is 4.98 Å². The van der Waals surface area contributed by atoms with Gasteiger partial charge in [-0.15, -0.1) is 0 Å². The molecule has 25 heavy (non-hydrogen) atoms. The monoisotopic (exact) mass is 349 g/mol. The Morgan fingerprint density at radius 3 is 2.84 bits per heavy atom. The third kappa shape index (κ3) is 3.58. The molecule has 8 heteroatoms. The van der Waals surface area contributed by atoms with E-state index in [1.54, 1.807) is 0 Å². The van der Waals surface area contributed by atoms with Crippen molar-refractivity contribution in [2.24, 2.45) is 5.41 Å². The number of piperidine rings is 1. The van der Waals surface area contributed by atoms with Crippen molar-refractivity contribution in [2.45, 2.75) is 38.0 Å². The number of hydrogen-bond donors (Lipinski definition) is 2. The van der Waals surface area contributed by atoms with Crippen molar-refractivity contribution in [1.29, 1.82) is 0 Å². The van der Waals surface area contributed by atoms with Crippen LogP contribution in [0, 0.1) is 5.41 Å². The number of amides is 1. The number of likely N-dealkylation sites (tertiary alicyclic amines) is 1. The second-order valence-electron chi connectivity index (χ2n) is 6.94. The minimum absolute atomic E-state index is 0.0302. The molecule has 0 unspecified atom stereocenters. The summed E-state index contributed by atoms with van der Waals surface area (Å²) in [6.07, 6.45) is 4.72. The number of carbonyl (C=O) groups excluding carboxylic acids is 1. The lowest BCUT2D eigenvalue weighted by Crippen LogP contribution is -2.51. The van der Waals surface area contributed by atoms with E-state index in [1.807, 2.05) is 0 Å². The van der Waals surface area contributed by atoms with Crippen molar-refractivity contribution < 1.29 is 19.4 Å². The summed E-state index contributed by atoms with van der Waals surface area (Å²) in [5.74, 6) is -0.474. The van der Waals surface area contributed by atoms with Gasteiger partial charge in [0.05, 0.1) is 5.41 Å². The molecular formula is C17H23N3O5. The van der Waals surface area contributed by atoms with Crippen LogP contribution in [0.5, 0.6) is 0 Å². The highest BCUT2D eigenvalue weighted by Crippen LogP contribution is 2.37. The number of carbonyl (C=O) groups is 2. The van der Waals surface area contributed by atoms with E-state index in [4.69, 9.17) is 4.74 Å². The number of H-pyrrole nitrogens is 1. The molecule has 1 aromatic rings. The van der Waals surface area contributed by atoms with Crippen molar-refractivity contribution in [1.82, 2.24) is 14.9 Å². The average Bonchev–Trinajstić information content (AvgIpc) is 3.44. The summed E-state index contributed by atoms with van der Waals surface area (Å²) in [5, 5.41) is 9.67. The summed E-state index contributed by atoms with van der Waals surface area (Å²) < 4.78 is 5.03. The van der Waals surface area contributed by atoms with Crippen LogP contribution >= 0.6 is 0 Å². The number of aromatic amines is 1. The van der Waals surface area contributed by atoms with Gasteiger partial charge in [0.2, 0.25) is 0 Å². The number of ether oxygens (including phenoxy) is 1. The fraction of sp³-hybridized carbons (Fsp3) is 0.647. The highest BCUT2D eigenvalue weighted by atomic mass is 16.5. The molecule has 136 valence electrons. The highest BCUT2D eigenvalue weighted by molar-refractivity contribution is 5.94. The van der Waals surface area contributed by atoms with Gasteiger partial charge in [-0.1, -0.05) is 0 Å². The molecule has 0 aromatic carbocycles. The van der Waals surface area contributed by atoms with Gasteiger partial charge < -0.3 is 19.7 Å². The Labute approximate surface area is 145 Å². The van der Waals surface area contributed by atoms with E-state index < -0.39 is 22.9 Å². The molecule has 1 saturated heterocycles. The molecule has 0 radical (unpaired) electrons. The van der Waals surface area contributed by atoms with Crippen LogP contribution in [0.2, 0.25) is 0 Å². The fourth-order valence-corrected chi connectivity index (χ4v) is 3.38. The van der Waals surface area contributed by atoms with Crippen molar-refractivity contribution in [3.05, 3.63) is 27.9 Å². The predicted molar refractivity (Wildman–Crippen MR) is 88.5 cm³/mol. The molecule has 8 nitrogen and oxygen atoms in total. The SMILES string of the molecule is COCC[C@@]1(C(=O)O)CCCN(C(=O)c2cnc(C3CC3)[nH]c2=O)C1. The summed E-state index contributed by atoms with van der Waals surface area (Å²) in [7, 11) is 1.52.